The molecule has 0 atom stereocenters. The minimum Gasteiger partial charge on any atom is -0.487 e. The number of nitrogens with one attached hydrogen (secondary N) is 1. The van der Waals surface area contributed by atoms with E-state index in [0.717, 1.165) is 34.8 Å². The lowest BCUT2D eigenvalue weighted by Gasteiger charge is -2.29. The Morgan fingerprint density at radius 2 is 1.86 bits per heavy atom. The van der Waals surface area contributed by atoms with Crippen molar-refractivity contribution in [3.63, 3.8) is 0 Å². The Kier molecular flexibility index (Phi) is 5.28. The standard InChI is InChI=1S/C22H24N4O2/c1-25(17-8-4-2-5-9-17)15-22(27)26-13-12-20-19(14-26)21(24-23-20)16-28-18-10-6-3-7-11-18/h2-11H,12-16H2,1H3,(H,23,24). The third kappa shape index (κ3) is 4.01. The summed E-state index contributed by atoms with van der Waals surface area (Å²) in [4.78, 5) is 16.7. The van der Waals surface area contributed by atoms with Gasteiger partial charge in [0, 0.05) is 43.5 Å². The van der Waals surface area contributed by atoms with Crippen LogP contribution in [-0.4, -0.2) is 41.1 Å². The van der Waals surface area contributed by atoms with Crippen molar-refractivity contribution in [2.75, 3.05) is 25.0 Å². The molecule has 1 aromatic heterocycles. The first-order chi connectivity index (χ1) is 13.7. The Morgan fingerprint density at radius 1 is 1.14 bits per heavy atom. The first-order valence-electron chi connectivity index (χ1n) is 9.47. The number of rotatable bonds is 6. The zero-order valence-corrected chi connectivity index (χ0v) is 16.0. The van der Waals surface area contributed by atoms with Crippen LogP contribution in [0, 0.1) is 0 Å². The van der Waals surface area contributed by atoms with Crippen molar-refractivity contribution >= 4 is 11.6 Å². The summed E-state index contributed by atoms with van der Waals surface area (Å²) in [6.45, 7) is 2.02. The summed E-state index contributed by atoms with van der Waals surface area (Å²) >= 11 is 0. The Hall–Kier alpha value is -3.28. The third-order valence-corrected chi connectivity index (χ3v) is 5.06. The molecule has 1 N–H and O–H groups in total. The van der Waals surface area contributed by atoms with Crippen molar-refractivity contribution in [3.05, 3.63) is 77.6 Å². The average Bonchev–Trinajstić information content (AvgIpc) is 3.16. The van der Waals surface area contributed by atoms with Crippen molar-refractivity contribution in [1.82, 2.24) is 15.1 Å². The van der Waals surface area contributed by atoms with E-state index >= 15 is 0 Å². The van der Waals surface area contributed by atoms with E-state index in [1.54, 1.807) is 0 Å². The number of aromatic amines is 1. The average molecular weight is 376 g/mol. The minimum atomic E-state index is 0.119. The maximum absolute atomic E-state index is 12.8. The van der Waals surface area contributed by atoms with Gasteiger partial charge in [-0.25, -0.2) is 0 Å². The second-order valence-electron chi connectivity index (χ2n) is 6.99. The van der Waals surface area contributed by atoms with E-state index in [-0.39, 0.29) is 5.91 Å². The van der Waals surface area contributed by atoms with Gasteiger partial charge in [0.15, 0.2) is 0 Å². The van der Waals surface area contributed by atoms with Crippen LogP contribution in [0.4, 0.5) is 5.69 Å². The molecule has 0 radical (unpaired) electrons. The molecule has 6 nitrogen and oxygen atoms in total. The predicted molar refractivity (Wildman–Crippen MR) is 108 cm³/mol. The van der Waals surface area contributed by atoms with E-state index in [1.807, 2.05) is 77.5 Å². The highest BCUT2D eigenvalue weighted by molar-refractivity contribution is 5.81. The number of carbonyl (C=O) groups excluding carboxylic acids is 1. The number of nitrogens with zero attached hydrogens (tertiary/aromatic N) is 3. The first-order valence-corrected chi connectivity index (χ1v) is 9.47. The molecule has 3 aromatic rings. The smallest absolute Gasteiger partial charge is 0.242 e. The molecule has 1 aliphatic heterocycles. The van der Waals surface area contributed by atoms with Gasteiger partial charge in [-0.05, 0) is 24.3 Å². The quantitative estimate of drug-likeness (QED) is 0.718. The molecule has 0 spiro atoms. The van der Waals surface area contributed by atoms with E-state index in [2.05, 4.69) is 10.2 Å². The largest absolute Gasteiger partial charge is 0.487 e. The van der Waals surface area contributed by atoms with Crippen LogP contribution in [0.1, 0.15) is 17.0 Å². The highest BCUT2D eigenvalue weighted by Gasteiger charge is 2.25. The molecule has 2 aromatic carbocycles. The zero-order valence-electron chi connectivity index (χ0n) is 16.0. The van der Waals surface area contributed by atoms with Crippen LogP contribution in [0.2, 0.25) is 0 Å². The topological polar surface area (TPSA) is 61.5 Å². The summed E-state index contributed by atoms with van der Waals surface area (Å²) in [5, 5.41) is 7.53. The molecular weight excluding hydrogens is 352 g/mol. The number of hydrogen-bond donors (Lipinski definition) is 1. The van der Waals surface area contributed by atoms with Crippen LogP contribution in [0.15, 0.2) is 60.7 Å². The molecule has 0 saturated heterocycles. The Balaban J connectivity index is 1.39. The number of para-hydroxylation sites is 2. The summed E-state index contributed by atoms with van der Waals surface area (Å²) in [6.07, 6.45) is 0.786. The summed E-state index contributed by atoms with van der Waals surface area (Å²) in [5.74, 6) is 0.931. The fourth-order valence-corrected chi connectivity index (χ4v) is 3.43. The van der Waals surface area contributed by atoms with Gasteiger partial charge in [0.1, 0.15) is 18.1 Å². The lowest BCUT2D eigenvalue weighted by atomic mass is 10.1. The maximum Gasteiger partial charge on any atom is 0.242 e. The number of H-pyrrole nitrogens is 1. The Labute approximate surface area is 164 Å². The van der Waals surface area contributed by atoms with E-state index in [0.29, 0.717) is 26.2 Å². The molecule has 0 unspecified atom stereocenters. The first kappa shape index (κ1) is 18.1. The lowest BCUT2D eigenvalue weighted by Crippen LogP contribution is -2.41. The number of amides is 1. The highest BCUT2D eigenvalue weighted by Crippen LogP contribution is 2.22. The van der Waals surface area contributed by atoms with Gasteiger partial charge < -0.3 is 14.5 Å². The van der Waals surface area contributed by atoms with E-state index in [9.17, 15) is 4.79 Å². The molecule has 2 heterocycles. The molecule has 4 rings (SSSR count). The molecule has 1 aliphatic rings. The lowest BCUT2D eigenvalue weighted by molar-refractivity contribution is -0.130. The van der Waals surface area contributed by atoms with Crippen LogP contribution < -0.4 is 9.64 Å². The van der Waals surface area contributed by atoms with Gasteiger partial charge >= 0.3 is 0 Å². The molecular formula is C22H24N4O2. The molecule has 0 bridgehead atoms. The normalized spacial score (nSPS) is 13.1. The summed E-state index contributed by atoms with van der Waals surface area (Å²) in [7, 11) is 1.94. The van der Waals surface area contributed by atoms with Crippen molar-refractivity contribution in [2.24, 2.45) is 0 Å². The van der Waals surface area contributed by atoms with Gasteiger partial charge in [0.05, 0.1) is 6.54 Å². The van der Waals surface area contributed by atoms with Gasteiger partial charge in [-0.3, -0.25) is 9.89 Å². The van der Waals surface area contributed by atoms with Gasteiger partial charge in [-0.2, -0.15) is 5.10 Å². The van der Waals surface area contributed by atoms with Crippen LogP contribution in [-0.2, 0) is 24.4 Å². The van der Waals surface area contributed by atoms with Crippen LogP contribution in [0.25, 0.3) is 0 Å². The van der Waals surface area contributed by atoms with Crippen LogP contribution in [0.5, 0.6) is 5.75 Å². The number of likely N-dealkylation sites (N-methyl/N-ethyl adjacent to an activating group) is 1. The number of ether oxygens (including phenoxy) is 1. The fourth-order valence-electron chi connectivity index (χ4n) is 3.43. The minimum absolute atomic E-state index is 0.119. The number of carbonyl (C=O) groups is 1. The maximum atomic E-state index is 12.8. The summed E-state index contributed by atoms with van der Waals surface area (Å²) < 4.78 is 5.84. The molecule has 6 heteroatoms. The van der Waals surface area contributed by atoms with E-state index in [1.165, 1.54) is 0 Å². The van der Waals surface area contributed by atoms with Crippen molar-refractivity contribution < 1.29 is 9.53 Å². The third-order valence-electron chi connectivity index (χ3n) is 5.06. The molecule has 144 valence electrons. The number of hydrogen-bond acceptors (Lipinski definition) is 4. The summed E-state index contributed by atoms with van der Waals surface area (Å²) in [5.41, 5.74) is 4.09. The van der Waals surface area contributed by atoms with E-state index in [4.69, 9.17) is 4.74 Å². The van der Waals surface area contributed by atoms with Crippen molar-refractivity contribution in [1.29, 1.82) is 0 Å². The van der Waals surface area contributed by atoms with Crippen LogP contribution in [0.3, 0.4) is 0 Å². The van der Waals surface area contributed by atoms with Gasteiger partial charge in [0.25, 0.3) is 0 Å². The van der Waals surface area contributed by atoms with Crippen molar-refractivity contribution in [2.45, 2.75) is 19.6 Å². The molecule has 28 heavy (non-hydrogen) atoms. The van der Waals surface area contributed by atoms with Gasteiger partial charge in [0.2, 0.25) is 5.91 Å². The number of benzene rings is 2. The Morgan fingerprint density at radius 3 is 2.61 bits per heavy atom. The van der Waals surface area contributed by atoms with E-state index < -0.39 is 0 Å². The second-order valence-corrected chi connectivity index (χ2v) is 6.99. The molecule has 1 amide bonds. The fraction of sp³-hybridized carbons (Fsp3) is 0.273. The number of fused-ring (bicyclic) bond motifs is 1. The number of anilines is 1. The zero-order chi connectivity index (χ0) is 19.3. The highest BCUT2D eigenvalue weighted by atomic mass is 16.5. The van der Waals surface area contributed by atoms with Crippen LogP contribution >= 0.6 is 0 Å². The van der Waals surface area contributed by atoms with Gasteiger partial charge in [-0.15, -0.1) is 0 Å². The number of aromatic nitrogens is 2. The van der Waals surface area contributed by atoms with Crippen molar-refractivity contribution in [3.8, 4) is 5.75 Å². The molecule has 0 fully saturated rings. The molecule has 0 saturated carbocycles. The Bertz CT molecular complexity index is 924. The molecule has 0 aliphatic carbocycles. The second kappa shape index (κ2) is 8.17. The predicted octanol–water partition coefficient (Wildman–Crippen LogP) is 3.01. The monoisotopic (exact) mass is 376 g/mol. The summed E-state index contributed by atoms with van der Waals surface area (Å²) in [6, 6.07) is 19.7. The SMILES string of the molecule is CN(CC(=O)N1CCc2[nH]nc(COc3ccccc3)c2C1)c1ccccc1. The van der Waals surface area contributed by atoms with Gasteiger partial charge in [-0.1, -0.05) is 36.4 Å².